The number of benzene rings is 1. The van der Waals surface area contributed by atoms with Gasteiger partial charge in [-0.3, -0.25) is 9.69 Å². The zero-order chi connectivity index (χ0) is 14.7. The smallest absolute Gasteiger partial charge is 0.159 e. The number of ketones is 1. The van der Waals surface area contributed by atoms with Crippen LogP contribution in [0.5, 0.6) is 5.75 Å². The van der Waals surface area contributed by atoms with Crippen molar-refractivity contribution in [2.45, 2.75) is 46.2 Å². The van der Waals surface area contributed by atoms with E-state index in [4.69, 9.17) is 4.74 Å². The average Bonchev–Trinajstić information content (AvgIpc) is 2.42. The number of likely N-dealkylation sites (tertiary alicyclic amines) is 1. The predicted molar refractivity (Wildman–Crippen MR) is 81.3 cm³/mol. The van der Waals surface area contributed by atoms with Crippen LogP contribution in [0.15, 0.2) is 18.2 Å². The minimum absolute atomic E-state index is 0.106. The minimum Gasteiger partial charge on any atom is -0.496 e. The first-order valence-corrected chi connectivity index (χ1v) is 7.43. The maximum absolute atomic E-state index is 11.6. The van der Waals surface area contributed by atoms with Crippen LogP contribution in [0.25, 0.3) is 0 Å². The van der Waals surface area contributed by atoms with Crippen LogP contribution in [0.2, 0.25) is 0 Å². The van der Waals surface area contributed by atoms with Crippen molar-refractivity contribution < 1.29 is 9.53 Å². The number of hydrogen-bond acceptors (Lipinski definition) is 3. The van der Waals surface area contributed by atoms with Crippen LogP contribution < -0.4 is 4.74 Å². The van der Waals surface area contributed by atoms with Gasteiger partial charge in [0.1, 0.15) is 5.75 Å². The van der Waals surface area contributed by atoms with Gasteiger partial charge in [-0.15, -0.1) is 0 Å². The summed E-state index contributed by atoms with van der Waals surface area (Å²) in [4.78, 5) is 14.0. The van der Waals surface area contributed by atoms with Gasteiger partial charge in [0.2, 0.25) is 0 Å². The van der Waals surface area contributed by atoms with E-state index in [1.165, 1.54) is 12.8 Å². The fraction of sp³-hybridized carbons (Fsp3) is 0.588. The third-order valence-electron chi connectivity index (χ3n) is 4.31. The van der Waals surface area contributed by atoms with Gasteiger partial charge in [-0.05, 0) is 50.8 Å². The van der Waals surface area contributed by atoms with E-state index in [9.17, 15) is 4.79 Å². The molecule has 1 aliphatic heterocycles. The molecule has 1 fully saturated rings. The number of nitrogens with zero attached hydrogens (tertiary/aromatic N) is 1. The van der Waals surface area contributed by atoms with Gasteiger partial charge in [0.05, 0.1) is 7.11 Å². The van der Waals surface area contributed by atoms with Crippen LogP contribution in [0.4, 0.5) is 0 Å². The Balaban J connectivity index is 2.22. The SMILES string of the molecule is COc1ccc(C(C)=O)cc1CN1CC(C)CCC1C. The Bertz CT molecular complexity index is 484. The van der Waals surface area contributed by atoms with E-state index in [2.05, 4.69) is 18.7 Å². The molecule has 0 spiro atoms. The highest BCUT2D eigenvalue weighted by atomic mass is 16.5. The second-order valence-electron chi connectivity index (χ2n) is 6.04. The van der Waals surface area contributed by atoms with Gasteiger partial charge in [0, 0.05) is 30.3 Å². The molecule has 3 heteroatoms. The summed E-state index contributed by atoms with van der Waals surface area (Å²) in [5.74, 6) is 1.72. The molecule has 1 aromatic rings. The lowest BCUT2D eigenvalue weighted by Crippen LogP contribution is -2.40. The van der Waals surface area contributed by atoms with Gasteiger partial charge in [-0.1, -0.05) is 6.92 Å². The maximum atomic E-state index is 11.6. The molecule has 0 N–H and O–H groups in total. The van der Waals surface area contributed by atoms with Gasteiger partial charge in [0.15, 0.2) is 5.78 Å². The Morgan fingerprint density at radius 2 is 2.10 bits per heavy atom. The van der Waals surface area contributed by atoms with Crippen molar-refractivity contribution >= 4 is 5.78 Å². The highest BCUT2D eigenvalue weighted by molar-refractivity contribution is 5.94. The van der Waals surface area contributed by atoms with E-state index in [0.717, 1.165) is 35.9 Å². The molecule has 2 rings (SSSR count). The zero-order valence-electron chi connectivity index (χ0n) is 13.0. The maximum Gasteiger partial charge on any atom is 0.159 e. The van der Waals surface area contributed by atoms with Gasteiger partial charge in [-0.2, -0.15) is 0 Å². The summed E-state index contributed by atoms with van der Waals surface area (Å²) in [5.41, 5.74) is 1.87. The molecule has 0 aromatic heterocycles. The highest BCUT2D eigenvalue weighted by Crippen LogP contribution is 2.27. The highest BCUT2D eigenvalue weighted by Gasteiger charge is 2.23. The lowest BCUT2D eigenvalue weighted by molar-refractivity contribution is 0.101. The van der Waals surface area contributed by atoms with Crippen LogP contribution in [-0.4, -0.2) is 30.4 Å². The summed E-state index contributed by atoms with van der Waals surface area (Å²) in [5, 5.41) is 0. The molecule has 1 aromatic carbocycles. The molecule has 1 heterocycles. The molecule has 110 valence electrons. The van der Waals surface area contributed by atoms with Crippen molar-refractivity contribution in [2.24, 2.45) is 5.92 Å². The van der Waals surface area contributed by atoms with Gasteiger partial charge >= 0.3 is 0 Å². The van der Waals surface area contributed by atoms with Gasteiger partial charge < -0.3 is 4.74 Å². The van der Waals surface area contributed by atoms with Crippen molar-refractivity contribution in [1.29, 1.82) is 0 Å². The standard InChI is InChI=1S/C17H25NO2/c1-12-5-6-13(2)18(10-12)11-16-9-15(14(3)19)7-8-17(16)20-4/h7-9,12-13H,5-6,10-11H2,1-4H3. The normalized spacial score (nSPS) is 23.6. The van der Waals surface area contributed by atoms with E-state index in [0.29, 0.717) is 6.04 Å². The summed E-state index contributed by atoms with van der Waals surface area (Å²) in [7, 11) is 1.69. The van der Waals surface area contributed by atoms with E-state index in [1.807, 2.05) is 18.2 Å². The van der Waals surface area contributed by atoms with E-state index < -0.39 is 0 Å². The van der Waals surface area contributed by atoms with E-state index in [-0.39, 0.29) is 5.78 Å². The molecule has 0 radical (unpaired) electrons. The molecule has 0 saturated carbocycles. The Kier molecular flexibility index (Phi) is 4.81. The van der Waals surface area contributed by atoms with E-state index >= 15 is 0 Å². The third-order valence-corrected chi connectivity index (χ3v) is 4.31. The monoisotopic (exact) mass is 275 g/mol. The number of piperidine rings is 1. The Morgan fingerprint density at radius 3 is 2.75 bits per heavy atom. The number of Topliss-reactive ketones (excluding diaryl/α,β-unsaturated/α-hetero) is 1. The van der Waals surface area contributed by atoms with Crippen LogP contribution in [-0.2, 0) is 6.54 Å². The third kappa shape index (κ3) is 3.40. The number of hydrogen-bond donors (Lipinski definition) is 0. The Labute approximate surface area is 121 Å². The van der Waals surface area contributed by atoms with Crippen LogP contribution in [0.3, 0.4) is 0 Å². The number of carbonyl (C=O) groups is 1. The van der Waals surface area contributed by atoms with Crippen molar-refractivity contribution in [3.05, 3.63) is 29.3 Å². The first kappa shape index (κ1) is 15.0. The zero-order valence-corrected chi connectivity index (χ0v) is 13.0. The van der Waals surface area contributed by atoms with Gasteiger partial charge in [0.25, 0.3) is 0 Å². The minimum atomic E-state index is 0.106. The summed E-state index contributed by atoms with van der Waals surface area (Å²) in [6, 6.07) is 6.32. The summed E-state index contributed by atoms with van der Waals surface area (Å²) < 4.78 is 5.45. The molecule has 20 heavy (non-hydrogen) atoms. The number of rotatable bonds is 4. The molecule has 0 amide bonds. The largest absolute Gasteiger partial charge is 0.496 e. The molecule has 2 unspecified atom stereocenters. The topological polar surface area (TPSA) is 29.5 Å². The molecule has 2 atom stereocenters. The Hall–Kier alpha value is -1.35. The second kappa shape index (κ2) is 6.40. The van der Waals surface area contributed by atoms with Crippen LogP contribution in [0, 0.1) is 5.92 Å². The Morgan fingerprint density at radius 1 is 1.35 bits per heavy atom. The second-order valence-corrected chi connectivity index (χ2v) is 6.04. The number of ether oxygens (including phenoxy) is 1. The number of carbonyl (C=O) groups excluding carboxylic acids is 1. The molecule has 0 bridgehead atoms. The average molecular weight is 275 g/mol. The van der Waals surface area contributed by atoms with Crippen molar-refractivity contribution in [2.75, 3.05) is 13.7 Å². The summed E-state index contributed by atoms with van der Waals surface area (Å²) in [6.45, 7) is 8.18. The molecular weight excluding hydrogens is 250 g/mol. The van der Waals surface area contributed by atoms with Crippen LogP contribution >= 0.6 is 0 Å². The fourth-order valence-electron chi connectivity index (χ4n) is 2.94. The first-order chi connectivity index (χ1) is 9.51. The fourth-order valence-corrected chi connectivity index (χ4v) is 2.94. The van der Waals surface area contributed by atoms with Gasteiger partial charge in [-0.25, -0.2) is 0 Å². The lowest BCUT2D eigenvalue weighted by atomic mass is 9.94. The predicted octanol–water partition coefficient (Wildman–Crippen LogP) is 3.52. The van der Waals surface area contributed by atoms with E-state index in [1.54, 1.807) is 14.0 Å². The van der Waals surface area contributed by atoms with Crippen molar-refractivity contribution in [3.63, 3.8) is 0 Å². The molecule has 3 nitrogen and oxygen atoms in total. The molecule has 1 saturated heterocycles. The quantitative estimate of drug-likeness (QED) is 0.787. The van der Waals surface area contributed by atoms with Crippen molar-refractivity contribution in [1.82, 2.24) is 4.90 Å². The lowest BCUT2D eigenvalue weighted by Gasteiger charge is -2.37. The first-order valence-electron chi connectivity index (χ1n) is 7.43. The summed E-state index contributed by atoms with van der Waals surface area (Å²) >= 11 is 0. The number of methoxy groups -OCH3 is 1. The molecular formula is C17H25NO2. The molecule has 1 aliphatic rings. The van der Waals surface area contributed by atoms with Crippen LogP contribution in [0.1, 0.15) is 49.5 Å². The molecule has 0 aliphatic carbocycles. The van der Waals surface area contributed by atoms with Crippen molar-refractivity contribution in [3.8, 4) is 5.75 Å². The summed E-state index contributed by atoms with van der Waals surface area (Å²) in [6.07, 6.45) is 2.55.